The summed E-state index contributed by atoms with van der Waals surface area (Å²) in [7, 11) is 0. The lowest BCUT2D eigenvalue weighted by molar-refractivity contribution is -0.384. The van der Waals surface area contributed by atoms with E-state index >= 15 is 0 Å². The Hall–Kier alpha value is -2.43. The van der Waals surface area contributed by atoms with Crippen LogP contribution in [0.3, 0.4) is 0 Å². The molecule has 0 saturated heterocycles. The minimum atomic E-state index is -0.437. The van der Waals surface area contributed by atoms with Crippen LogP contribution in [0.5, 0.6) is 0 Å². The third-order valence-electron chi connectivity index (χ3n) is 2.83. The van der Waals surface area contributed by atoms with Gasteiger partial charge in [-0.15, -0.1) is 0 Å². The van der Waals surface area contributed by atoms with Crippen LogP contribution < -0.4 is 5.32 Å². The first-order valence-corrected chi connectivity index (χ1v) is 5.83. The highest BCUT2D eigenvalue weighted by atomic mass is 19.1. The van der Waals surface area contributed by atoms with E-state index in [2.05, 4.69) is 5.32 Å². The molecule has 0 fully saturated rings. The lowest BCUT2D eigenvalue weighted by Crippen LogP contribution is -2.06. The van der Waals surface area contributed by atoms with Gasteiger partial charge in [0.05, 0.1) is 4.92 Å². The summed E-state index contributed by atoms with van der Waals surface area (Å²) in [6, 6.07) is 12.4. The molecule has 1 N–H and O–H groups in total. The summed E-state index contributed by atoms with van der Waals surface area (Å²) < 4.78 is 12.8. The van der Waals surface area contributed by atoms with Crippen LogP contribution in [0.4, 0.5) is 15.8 Å². The van der Waals surface area contributed by atoms with Crippen molar-refractivity contribution in [3.05, 3.63) is 70.0 Å². The van der Waals surface area contributed by atoms with Crippen LogP contribution in [-0.4, -0.2) is 4.92 Å². The maximum absolute atomic E-state index is 12.8. The van der Waals surface area contributed by atoms with Crippen LogP contribution in [0.1, 0.15) is 18.5 Å². The molecule has 0 radical (unpaired) electrons. The van der Waals surface area contributed by atoms with E-state index in [-0.39, 0.29) is 17.5 Å². The number of hydrogen-bond donors (Lipinski definition) is 1. The number of nitro benzene ring substituents is 1. The van der Waals surface area contributed by atoms with Crippen molar-refractivity contribution in [2.24, 2.45) is 0 Å². The molecule has 2 rings (SSSR count). The summed E-state index contributed by atoms with van der Waals surface area (Å²) in [5, 5.41) is 13.7. The third-order valence-corrected chi connectivity index (χ3v) is 2.83. The molecule has 0 bridgehead atoms. The second kappa shape index (κ2) is 5.48. The minimum absolute atomic E-state index is 0.0120. The molecule has 2 aromatic rings. The molecule has 0 amide bonds. The van der Waals surface area contributed by atoms with E-state index in [0.29, 0.717) is 0 Å². The molecule has 19 heavy (non-hydrogen) atoms. The van der Waals surface area contributed by atoms with Crippen LogP contribution >= 0.6 is 0 Å². The number of hydrogen-bond acceptors (Lipinski definition) is 3. The molecule has 0 unspecified atom stereocenters. The van der Waals surface area contributed by atoms with Crippen molar-refractivity contribution < 1.29 is 9.31 Å². The molecule has 5 heteroatoms. The van der Waals surface area contributed by atoms with E-state index < -0.39 is 4.92 Å². The molecule has 0 aliphatic carbocycles. The molecular formula is C14H13FN2O2. The third kappa shape index (κ3) is 3.28. The number of non-ortho nitro benzene ring substituents is 1. The number of nitrogens with one attached hydrogen (secondary N) is 1. The van der Waals surface area contributed by atoms with E-state index in [0.717, 1.165) is 11.3 Å². The zero-order valence-electron chi connectivity index (χ0n) is 10.3. The Bertz CT molecular complexity index is 567. The number of nitrogens with zero attached hydrogens (tertiary/aromatic N) is 1. The van der Waals surface area contributed by atoms with Gasteiger partial charge in [-0.3, -0.25) is 10.1 Å². The quantitative estimate of drug-likeness (QED) is 0.669. The Kier molecular flexibility index (Phi) is 3.75. The summed E-state index contributed by atoms with van der Waals surface area (Å²) in [4.78, 5) is 10.1. The maximum Gasteiger partial charge on any atom is 0.269 e. The molecule has 0 aliphatic rings. The SMILES string of the molecule is C[C@@H](Nc1ccc([N+](=O)[O-])cc1)c1ccc(F)cc1. The van der Waals surface area contributed by atoms with Crippen molar-refractivity contribution in [1.29, 1.82) is 0 Å². The second-order valence-electron chi connectivity index (χ2n) is 4.22. The molecule has 2 aromatic carbocycles. The highest BCUT2D eigenvalue weighted by molar-refractivity contribution is 5.49. The van der Waals surface area contributed by atoms with Gasteiger partial charge in [-0.1, -0.05) is 12.1 Å². The van der Waals surface area contributed by atoms with Crippen molar-refractivity contribution in [3.63, 3.8) is 0 Å². The summed E-state index contributed by atoms with van der Waals surface area (Å²) in [6.07, 6.45) is 0. The smallest absolute Gasteiger partial charge is 0.269 e. The predicted molar refractivity (Wildman–Crippen MR) is 71.5 cm³/mol. The predicted octanol–water partition coefficient (Wildman–Crippen LogP) is 3.91. The number of halogens is 1. The topological polar surface area (TPSA) is 55.2 Å². The van der Waals surface area contributed by atoms with E-state index in [1.807, 2.05) is 6.92 Å². The van der Waals surface area contributed by atoms with Crippen molar-refractivity contribution in [1.82, 2.24) is 0 Å². The summed E-state index contributed by atoms with van der Waals surface area (Å²) in [5.74, 6) is -0.272. The molecule has 98 valence electrons. The molecule has 0 aromatic heterocycles. The summed E-state index contributed by atoms with van der Waals surface area (Å²) in [6.45, 7) is 1.94. The Morgan fingerprint density at radius 2 is 1.68 bits per heavy atom. The fourth-order valence-corrected chi connectivity index (χ4v) is 1.76. The Morgan fingerprint density at radius 1 is 1.11 bits per heavy atom. The fourth-order valence-electron chi connectivity index (χ4n) is 1.76. The molecule has 0 saturated carbocycles. The van der Waals surface area contributed by atoms with E-state index in [4.69, 9.17) is 0 Å². The average molecular weight is 260 g/mol. The van der Waals surface area contributed by atoms with Crippen LogP contribution in [0, 0.1) is 15.9 Å². The van der Waals surface area contributed by atoms with Gasteiger partial charge >= 0.3 is 0 Å². The van der Waals surface area contributed by atoms with E-state index in [1.165, 1.54) is 24.3 Å². The fraction of sp³-hybridized carbons (Fsp3) is 0.143. The van der Waals surface area contributed by atoms with Gasteiger partial charge in [0.2, 0.25) is 0 Å². The molecule has 4 nitrogen and oxygen atoms in total. The second-order valence-corrected chi connectivity index (χ2v) is 4.22. The monoisotopic (exact) mass is 260 g/mol. The zero-order valence-corrected chi connectivity index (χ0v) is 10.3. The first-order chi connectivity index (χ1) is 9.06. The molecule has 1 atom stereocenters. The van der Waals surface area contributed by atoms with Crippen LogP contribution in [0.2, 0.25) is 0 Å². The first-order valence-electron chi connectivity index (χ1n) is 5.83. The lowest BCUT2D eigenvalue weighted by Gasteiger charge is -2.15. The largest absolute Gasteiger partial charge is 0.379 e. The Morgan fingerprint density at radius 3 is 2.21 bits per heavy atom. The average Bonchev–Trinajstić information content (AvgIpc) is 2.40. The minimum Gasteiger partial charge on any atom is -0.379 e. The summed E-state index contributed by atoms with van der Waals surface area (Å²) in [5.41, 5.74) is 1.78. The van der Waals surface area contributed by atoms with Gasteiger partial charge in [0.25, 0.3) is 5.69 Å². The van der Waals surface area contributed by atoms with Gasteiger partial charge < -0.3 is 5.32 Å². The Balaban J connectivity index is 2.08. The van der Waals surface area contributed by atoms with Gasteiger partial charge in [-0.05, 0) is 36.8 Å². The van der Waals surface area contributed by atoms with Gasteiger partial charge in [0.15, 0.2) is 0 Å². The van der Waals surface area contributed by atoms with Crippen molar-refractivity contribution in [2.45, 2.75) is 13.0 Å². The number of anilines is 1. The molecule has 0 spiro atoms. The molecular weight excluding hydrogens is 247 g/mol. The molecule has 0 heterocycles. The first kappa shape index (κ1) is 13.0. The normalized spacial score (nSPS) is 11.9. The zero-order chi connectivity index (χ0) is 13.8. The van der Waals surface area contributed by atoms with Gasteiger partial charge in [0, 0.05) is 23.9 Å². The van der Waals surface area contributed by atoms with Crippen LogP contribution in [-0.2, 0) is 0 Å². The number of nitro groups is 1. The summed E-state index contributed by atoms with van der Waals surface area (Å²) >= 11 is 0. The van der Waals surface area contributed by atoms with Crippen LogP contribution in [0.15, 0.2) is 48.5 Å². The number of benzene rings is 2. The highest BCUT2D eigenvalue weighted by Gasteiger charge is 2.07. The maximum atomic E-state index is 12.8. The van der Waals surface area contributed by atoms with Gasteiger partial charge in [-0.2, -0.15) is 0 Å². The van der Waals surface area contributed by atoms with E-state index in [9.17, 15) is 14.5 Å². The highest BCUT2D eigenvalue weighted by Crippen LogP contribution is 2.21. The van der Waals surface area contributed by atoms with Crippen molar-refractivity contribution in [2.75, 3.05) is 5.32 Å². The van der Waals surface area contributed by atoms with Gasteiger partial charge in [0.1, 0.15) is 5.82 Å². The van der Waals surface area contributed by atoms with Gasteiger partial charge in [-0.25, -0.2) is 4.39 Å². The van der Waals surface area contributed by atoms with Crippen LogP contribution in [0.25, 0.3) is 0 Å². The number of rotatable bonds is 4. The Labute approximate surface area is 110 Å². The van der Waals surface area contributed by atoms with Crippen molar-refractivity contribution >= 4 is 11.4 Å². The van der Waals surface area contributed by atoms with Crippen molar-refractivity contribution in [3.8, 4) is 0 Å². The standard InChI is InChI=1S/C14H13FN2O2/c1-10(11-2-4-12(15)5-3-11)16-13-6-8-14(9-7-13)17(18)19/h2-10,16H,1H3/t10-/m1/s1. The van der Waals surface area contributed by atoms with E-state index in [1.54, 1.807) is 24.3 Å². The lowest BCUT2D eigenvalue weighted by atomic mass is 10.1. The molecule has 0 aliphatic heterocycles.